The highest BCUT2D eigenvalue weighted by atomic mass is 35.5. The molecule has 3 aromatic rings. The van der Waals surface area contributed by atoms with E-state index in [0.29, 0.717) is 17.5 Å². The zero-order chi connectivity index (χ0) is 24.0. The molecule has 6 nitrogen and oxygen atoms in total. The topological polar surface area (TPSA) is 114 Å². The number of halogens is 3. The van der Waals surface area contributed by atoms with Crippen molar-refractivity contribution in [3.63, 3.8) is 0 Å². The molecule has 0 atom stereocenters. The van der Waals surface area contributed by atoms with E-state index in [1.54, 1.807) is 24.3 Å². The second kappa shape index (κ2) is 11.1. The van der Waals surface area contributed by atoms with Crippen LogP contribution in [0.5, 0.6) is 11.5 Å². The summed E-state index contributed by atoms with van der Waals surface area (Å²) in [5.41, 5.74) is 7.28. The van der Waals surface area contributed by atoms with Gasteiger partial charge in [-0.2, -0.15) is 5.26 Å². The summed E-state index contributed by atoms with van der Waals surface area (Å²) in [5, 5.41) is 17.6. The average Bonchev–Trinajstić information content (AvgIpc) is 2.81. The molecule has 0 spiro atoms. The number of carbonyl (C=O) groups is 1. The van der Waals surface area contributed by atoms with Crippen molar-refractivity contribution in [2.45, 2.75) is 6.54 Å². The van der Waals surface area contributed by atoms with E-state index in [0.717, 1.165) is 0 Å². The highest BCUT2D eigenvalue weighted by Crippen LogP contribution is 2.35. The number of rotatable bonds is 7. The van der Waals surface area contributed by atoms with Crippen molar-refractivity contribution in [1.82, 2.24) is 5.32 Å². The summed E-state index contributed by atoms with van der Waals surface area (Å²) >= 11 is 12.8. The molecule has 0 aliphatic carbocycles. The number of amides is 1. The van der Waals surface area contributed by atoms with E-state index in [2.05, 4.69) is 5.32 Å². The quantitative estimate of drug-likeness (QED) is 0.296. The van der Waals surface area contributed by atoms with Crippen LogP contribution in [0.3, 0.4) is 0 Å². The first kappa shape index (κ1) is 24.4. The summed E-state index contributed by atoms with van der Waals surface area (Å²) in [5.74, 6) is -1.46. The summed E-state index contributed by atoms with van der Waals surface area (Å²) in [4.78, 5) is 12.7. The molecule has 3 rings (SSSR count). The lowest BCUT2D eigenvalue weighted by Crippen LogP contribution is -2.26. The molecule has 5 N–H and O–H groups in total. The van der Waals surface area contributed by atoms with E-state index in [-0.39, 0.29) is 49.8 Å². The van der Waals surface area contributed by atoms with Crippen molar-refractivity contribution in [2.24, 2.45) is 10.9 Å². The first-order valence-electron chi connectivity index (χ1n) is 9.39. The Hall–Kier alpha value is -3.22. The van der Waals surface area contributed by atoms with E-state index in [1.807, 2.05) is 12.1 Å². The lowest BCUT2D eigenvalue weighted by atomic mass is 10.1. The normalized spacial score (nSPS) is 11.4. The molecule has 33 heavy (non-hydrogen) atoms. The molecule has 3 aromatic carbocycles. The number of benzene rings is 3. The zero-order valence-electron chi connectivity index (χ0n) is 16.9. The smallest absolute Gasteiger partial charge is 0.261 e. The molecule has 0 bridgehead atoms. The first-order valence-corrected chi connectivity index (χ1v) is 11.0. The van der Waals surface area contributed by atoms with E-state index in [4.69, 9.17) is 44.1 Å². The van der Waals surface area contributed by atoms with Crippen LogP contribution in [0.4, 0.5) is 4.39 Å². The van der Waals surface area contributed by atoms with Gasteiger partial charge in [-0.1, -0.05) is 59.6 Å². The number of carbonyl (C=O) groups excluding carboxylic acids is 1. The minimum absolute atomic E-state index is 0.00693. The standard InChI is InChI=1S/C23H17Cl2FN4O2S/c24-16-8-13(11-27)9-17(10-16)32-21-18(25)7-6-15(19(21)26)12-30-23(31)22(33-29)20(28)14-4-2-1-3-5-14/h1-10H,12,28-29H2,(H,30,31)/b22-20-. The maximum Gasteiger partial charge on any atom is 0.261 e. The summed E-state index contributed by atoms with van der Waals surface area (Å²) < 4.78 is 20.7. The number of hydrogen-bond acceptors (Lipinski definition) is 6. The third-order valence-electron chi connectivity index (χ3n) is 4.44. The fraction of sp³-hybridized carbons (Fsp3) is 0.0435. The van der Waals surface area contributed by atoms with Crippen molar-refractivity contribution < 1.29 is 13.9 Å². The van der Waals surface area contributed by atoms with Gasteiger partial charge < -0.3 is 15.8 Å². The zero-order valence-corrected chi connectivity index (χ0v) is 19.3. The second-order valence-corrected chi connectivity index (χ2v) is 8.14. The molecule has 0 aliphatic rings. The molecule has 0 saturated carbocycles. The van der Waals surface area contributed by atoms with Gasteiger partial charge in [0, 0.05) is 17.1 Å². The minimum atomic E-state index is -0.775. The number of nitrogens with one attached hydrogen (secondary N) is 1. The largest absolute Gasteiger partial charge is 0.453 e. The predicted octanol–water partition coefficient (Wildman–Crippen LogP) is 5.35. The highest BCUT2D eigenvalue weighted by molar-refractivity contribution is 8.02. The molecule has 0 aromatic heterocycles. The van der Waals surface area contributed by atoms with E-state index in [9.17, 15) is 4.79 Å². The fourth-order valence-corrected chi connectivity index (χ4v) is 3.68. The number of nitrogens with zero attached hydrogens (tertiary/aromatic N) is 1. The summed E-state index contributed by atoms with van der Waals surface area (Å²) in [7, 11) is 0. The van der Waals surface area contributed by atoms with E-state index < -0.39 is 11.7 Å². The first-order chi connectivity index (χ1) is 15.8. The lowest BCUT2D eigenvalue weighted by Gasteiger charge is -2.14. The second-order valence-electron chi connectivity index (χ2n) is 6.65. The molecule has 10 heteroatoms. The fourth-order valence-electron chi connectivity index (χ4n) is 2.85. The molecular weight excluding hydrogens is 486 g/mol. The van der Waals surface area contributed by atoms with Crippen LogP contribution >= 0.6 is 35.1 Å². The van der Waals surface area contributed by atoms with Crippen LogP contribution in [-0.4, -0.2) is 5.91 Å². The van der Waals surface area contributed by atoms with Crippen LogP contribution in [0.1, 0.15) is 16.7 Å². The molecule has 0 fully saturated rings. The van der Waals surface area contributed by atoms with E-state index in [1.165, 1.54) is 30.3 Å². The Morgan fingerprint density at radius 3 is 2.55 bits per heavy atom. The van der Waals surface area contributed by atoms with Gasteiger partial charge in [0.2, 0.25) is 0 Å². The van der Waals surface area contributed by atoms with Gasteiger partial charge in [0.15, 0.2) is 11.6 Å². The molecule has 1 amide bonds. The summed E-state index contributed by atoms with van der Waals surface area (Å²) in [6.07, 6.45) is 0. The molecule has 0 heterocycles. The third-order valence-corrected chi connectivity index (χ3v) is 5.60. The Kier molecular flexibility index (Phi) is 8.20. The molecule has 168 valence electrons. The maximum atomic E-state index is 15.1. The maximum absolute atomic E-state index is 15.1. The van der Waals surface area contributed by atoms with Crippen molar-refractivity contribution >= 4 is 46.8 Å². The third kappa shape index (κ3) is 5.97. The summed E-state index contributed by atoms with van der Waals surface area (Å²) in [6, 6.07) is 17.9. The molecule has 0 saturated heterocycles. The summed E-state index contributed by atoms with van der Waals surface area (Å²) in [6.45, 7) is -0.177. The van der Waals surface area contributed by atoms with E-state index >= 15 is 4.39 Å². The van der Waals surface area contributed by atoms with Crippen molar-refractivity contribution in [1.29, 1.82) is 5.26 Å². The Balaban J connectivity index is 1.82. The van der Waals surface area contributed by atoms with Gasteiger partial charge >= 0.3 is 0 Å². The van der Waals surface area contributed by atoms with Gasteiger partial charge in [0.25, 0.3) is 5.91 Å². The lowest BCUT2D eigenvalue weighted by molar-refractivity contribution is -0.116. The molecule has 0 aliphatic heterocycles. The van der Waals surface area contributed by atoms with Gasteiger partial charge in [-0.05, 0) is 41.8 Å². The number of nitriles is 1. The monoisotopic (exact) mass is 502 g/mol. The van der Waals surface area contributed by atoms with Gasteiger partial charge in [0.1, 0.15) is 10.7 Å². The van der Waals surface area contributed by atoms with Crippen molar-refractivity contribution in [3.8, 4) is 17.6 Å². The Morgan fingerprint density at radius 2 is 1.88 bits per heavy atom. The van der Waals surface area contributed by atoms with Crippen molar-refractivity contribution in [3.05, 3.63) is 98.1 Å². The van der Waals surface area contributed by atoms with Gasteiger partial charge in [0.05, 0.1) is 22.4 Å². The van der Waals surface area contributed by atoms with Gasteiger partial charge in [-0.25, -0.2) is 4.39 Å². The minimum Gasteiger partial charge on any atom is -0.453 e. The Bertz CT molecular complexity index is 1260. The molecule has 0 unspecified atom stereocenters. The van der Waals surface area contributed by atoms with Crippen molar-refractivity contribution in [2.75, 3.05) is 0 Å². The van der Waals surface area contributed by atoms with Crippen LogP contribution < -0.4 is 20.9 Å². The highest BCUT2D eigenvalue weighted by Gasteiger charge is 2.19. The van der Waals surface area contributed by atoms with Gasteiger partial charge in [-0.15, -0.1) is 0 Å². The van der Waals surface area contributed by atoms with Crippen LogP contribution in [0.15, 0.2) is 65.6 Å². The van der Waals surface area contributed by atoms with Crippen LogP contribution in [0.25, 0.3) is 5.70 Å². The number of nitrogens with two attached hydrogens (primary N) is 2. The van der Waals surface area contributed by atoms with Crippen LogP contribution in [0, 0.1) is 17.1 Å². The average molecular weight is 503 g/mol. The number of ether oxygens (including phenoxy) is 1. The predicted molar refractivity (Wildman–Crippen MR) is 129 cm³/mol. The number of hydrogen-bond donors (Lipinski definition) is 3. The Labute approximate surface area is 204 Å². The van der Waals surface area contributed by atoms with Crippen LogP contribution in [0.2, 0.25) is 10.0 Å². The molecular formula is C23H17Cl2FN4O2S. The van der Waals surface area contributed by atoms with Gasteiger partial charge in [-0.3, -0.25) is 9.93 Å². The molecule has 0 radical (unpaired) electrons. The Morgan fingerprint density at radius 1 is 1.15 bits per heavy atom. The SMILES string of the molecule is N#Cc1cc(Cl)cc(Oc2c(Cl)ccc(CNC(=O)/C(SN)=C(/N)c3ccccc3)c2F)c1. The van der Waals surface area contributed by atoms with Crippen LogP contribution in [-0.2, 0) is 11.3 Å².